The molecule has 0 aliphatic heterocycles. The van der Waals surface area contributed by atoms with Crippen LogP contribution in [0.15, 0.2) is 143 Å². The Bertz CT molecular complexity index is 4140. The molecule has 6 N–H and O–H groups in total. The van der Waals surface area contributed by atoms with Crippen LogP contribution in [0.4, 0.5) is 17.5 Å². The molecule has 0 radical (unpaired) electrons. The van der Waals surface area contributed by atoms with Crippen molar-refractivity contribution in [2.75, 3.05) is 125 Å². The van der Waals surface area contributed by atoms with Crippen molar-refractivity contribution in [1.82, 2.24) is 63.5 Å². The average Bonchev–Trinajstić information content (AvgIpc) is 1.66. The van der Waals surface area contributed by atoms with Gasteiger partial charge < -0.3 is 50.3 Å². The third-order valence-corrected chi connectivity index (χ3v) is 18.0. The highest BCUT2D eigenvalue weighted by atomic mass is 79.9. The number of nitrogens with zero attached hydrogens (tertiary/aromatic N) is 15. The first-order valence-corrected chi connectivity index (χ1v) is 33.6. The molecule has 2 atom stereocenters. The molecule has 7 aromatic heterocycles. The maximum Gasteiger partial charge on any atom is 0.489 e. The summed E-state index contributed by atoms with van der Waals surface area (Å²) in [4.78, 5) is 21.6. The first kappa shape index (κ1) is 76.2. The molecule has 0 saturated heterocycles. The maximum atomic E-state index is 8.77. The minimum atomic E-state index is -1.48. The molecule has 96 heavy (non-hydrogen) atoms. The molecule has 0 saturated carbocycles. The molecule has 11 rings (SSSR count). The number of hydrogen-bond donors (Lipinski definition) is 4. The highest BCUT2D eigenvalue weighted by Gasteiger charge is 2.36. The fourth-order valence-corrected chi connectivity index (χ4v) is 12.2. The molecule has 28 heteroatoms. The Morgan fingerprint density at radius 3 is 1.47 bits per heavy atom. The highest BCUT2D eigenvalue weighted by molar-refractivity contribution is 9.10. The van der Waals surface area contributed by atoms with Gasteiger partial charge in [-0.15, -0.1) is 10.2 Å². The topological polar surface area (TPSA) is 251 Å². The van der Waals surface area contributed by atoms with Crippen LogP contribution in [0.1, 0.15) is 54.0 Å². The largest absolute Gasteiger partial charge is 0.489 e. The van der Waals surface area contributed by atoms with E-state index in [-0.39, 0.29) is 12.3 Å². The molecule has 0 aliphatic rings. The van der Waals surface area contributed by atoms with Crippen molar-refractivity contribution < 1.29 is 29.0 Å². The van der Waals surface area contributed by atoms with Crippen LogP contribution in [0, 0.1) is 13.8 Å². The van der Waals surface area contributed by atoms with Gasteiger partial charge in [0.15, 0.2) is 0 Å². The first-order valence-electron chi connectivity index (χ1n) is 31.2. The average molecular weight is 1480 g/mol. The molecule has 0 fully saturated rings. The fourth-order valence-electron chi connectivity index (χ4n) is 10.4. The van der Waals surface area contributed by atoms with Gasteiger partial charge in [-0.05, 0) is 155 Å². The Morgan fingerprint density at radius 2 is 1.01 bits per heavy atom. The van der Waals surface area contributed by atoms with E-state index in [1.807, 2.05) is 122 Å². The number of aromatic nitrogens is 11. The third-order valence-electron chi connectivity index (χ3n) is 15.9. The minimum absolute atomic E-state index is 0.232. The lowest BCUT2D eigenvalue weighted by Crippen LogP contribution is -2.46. The normalized spacial score (nSPS) is 11.8. The van der Waals surface area contributed by atoms with E-state index < -0.39 is 7.12 Å². The number of pyridine rings is 3. The van der Waals surface area contributed by atoms with E-state index in [0.717, 1.165) is 113 Å². The summed E-state index contributed by atoms with van der Waals surface area (Å²) in [5.41, 5.74) is 24.9. The number of imidazole rings is 2. The Hall–Kier alpha value is -7.15. The number of ether oxygens (including phenoxy) is 4. The molecule has 0 spiro atoms. The second-order valence-corrected chi connectivity index (χ2v) is 25.2. The van der Waals surface area contributed by atoms with E-state index in [1.165, 1.54) is 11.1 Å². The van der Waals surface area contributed by atoms with Gasteiger partial charge in [0.25, 0.3) is 0 Å². The number of fused-ring (bicyclic) bond motifs is 4. The van der Waals surface area contributed by atoms with Crippen molar-refractivity contribution in [2.24, 2.45) is 5.73 Å². The number of aryl methyl sites for hydroxylation is 4. The van der Waals surface area contributed by atoms with Gasteiger partial charge in [-0.25, -0.2) is 24.3 Å². The van der Waals surface area contributed by atoms with E-state index in [2.05, 4.69) is 148 Å². The van der Waals surface area contributed by atoms with Crippen LogP contribution in [0.2, 0.25) is 10.0 Å². The number of nitrogens with two attached hydrogens (primary N) is 2. The zero-order valence-electron chi connectivity index (χ0n) is 56.6. The van der Waals surface area contributed by atoms with E-state index in [4.69, 9.17) is 63.7 Å². The minimum Gasteiger partial charge on any atom is -0.423 e. The molecule has 0 aliphatic carbocycles. The monoisotopic (exact) mass is 1480 g/mol. The zero-order valence-corrected chi connectivity index (χ0v) is 61.3. The number of methoxy groups -OCH3 is 4. The van der Waals surface area contributed by atoms with Crippen LogP contribution in [-0.4, -0.2) is 190 Å². The molecule has 0 amide bonds. The van der Waals surface area contributed by atoms with Crippen LogP contribution >= 0.6 is 55.1 Å². The standard InChI is InChI=1S/C22H30N8O2.C19H23ClN4O.C13H18BrN3O.C7H8BClO2.C7H9BrN2/c1-27(13-15-31-3)21(29-19-11-7-5-9-17(19)23-25-29)22(28(2)14-16-32-4)30-20-12-8-6-10-18(20)24-26-30;1-13-4-5-15(17(20)8-13)16-12-24-18(9-14(16)10-21)22-11-19(24)23(2)6-7-25-3;1-4-10-7-12-15-8-13(16(2)5-6-18-3)17(12)9-11(10)14;1-5-2-3-6(8(10)11)7(9)4-5;1-2-5-3-7(9)10-4-6(5)8/h5-12,21-22H,13-16H2,1-4H3;4-5,8-9,11-12H,6-7,10,21H2,1-3H3;7-9H,4-6H2,1-3H3;2-4,10-11H,1H3;3-4H,2H2,1H3,(H2,9,10). The lowest BCUT2D eigenvalue weighted by Gasteiger charge is -2.39. The molecular weight excluding hydrogens is 1390 g/mol. The van der Waals surface area contributed by atoms with Gasteiger partial charge in [-0.1, -0.05) is 96.0 Å². The summed E-state index contributed by atoms with van der Waals surface area (Å²) in [6.07, 6.45) is 11.2. The quantitative estimate of drug-likeness (QED) is 0.0410. The third kappa shape index (κ3) is 19.8. The molecule has 2 unspecified atom stereocenters. The van der Waals surface area contributed by atoms with E-state index >= 15 is 0 Å². The SMILES string of the molecule is CCc1cc(N)ncc1Br.CCc1cc2ncc(N(C)CCOC)n2cc1Br.COCCN(C)C(C(N(C)CCOC)n1nnc2ccccc21)n1nnc2ccccc21.COCCN(C)c1cnc2cc(CN)c(-c3ccc(C)cc3Cl)cn12.Cc1ccc(B(O)O)c(Cl)c1. The van der Waals surface area contributed by atoms with Gasteiger partial charge in [0.2, 0.25) is 0 Å². The molecular formula is C68H88BBr2Cl2N17O6. The predicted octanol–water partition coefficient (Wildman–Crippen LogP) is 10.6. The summed E-state index contributed by atoms with van der Waals surface area (Å²) >= 11 is 19.2. The molecule has 11 aromatic rings. The summed E-state index contributed by atoms with van der Waals surface area (Å²) in [5, 5.41) is 36.6. The number of para-hydroxylation sites is 2. The number of rotatable bonds is 24. The number of nitrogen functional groups attached to an aromatic ring is 1. The lowest BCUT2D eigenvalue weighted by atomic mass is 9.80. The molecule has 4 aromatic carbocycles. The van der Waals surface area contributed by atoms with Crippen molar-refractivity contribution in [2.45, 2.75) is 59.4 Å². The summed E-state index contributed by atoms with van der Waals surface area (Å²) in [7, 11) is 13.6. The smallest absolute Gasteiger partial charge is 0.423 e. The van der Waals surface area contributed by atoms with Gasteiger partial charge in [0.1, 0.15) is 52.1 Å². The summed E-state index contributed by atoms with van der Waals surface area (Å²) < 4.78 is 31.3. The Labute approximate surface area is 589 Å². The van der Waals surface area contributed by atoms with Gasteiger partial charge >= 0.3 is 7.12 Å². The zero-order chi connectivity index (χ0) is 69.6. The number of anilines is 3. The van der Waals surface area contributed by atoms with Crippen LogP contribution in [-0.2, 0) is 38.3 Å². The number of likely N-dealkylation sites (N-methyl/N-ethyl adjacent to an activating group) is 4. The Morgan fingerprint density at radius 1 is 0.552 bits per heavy atom. The van der Waals surface area contributed by atoms with Crippen molar-refractivity contribution in [3.05, 3.63) is 181 Å². The number of halogens is 4. The Kier molecular flexibility index (Phi) is 29.8. The van der Waals surface area contributed by atoms with E-state index in [9.17, 15) is 0 Å². The fraction of sp³-hybridized carbons (Fsp3) is 0.368. The second-order valence-electron chi connectivity index (χ2n) is 22.7. The summed E-state index contributed by atoms with van der Waals surface area (Å²) in [6, 6.07) is 33.1. The van der Waals surface area contributed by atoms with Gasteiger partial charge in [-0.2, -0.15) is 0 Å². The first-order chi connectivity index (χ1) is 46.2. The second kappa shape index (κ2) is 37.5. The predicted molar refractivity (Wildman–Crippen MR) is 395 cm³/mol. The van der Waals surface area contributed by atoms with Crippen molar-refractivity contribution in [3.63, 3.8) is 0 Å². The highest BCUT2D eigenvalue weighted by Crippen LogP contribution is 2.35. The van der Waals surface area contributed by atoms with Crippen LogP contribution in [0.3, 0.4) is 0 Å². The molecule has 0 bridgehead atoms. The number of benzene rings is 4. The van der Waals surface area contributed by atoms with Crippen LogP contribution in [0.25, 0.3) is 44.5 Å². The van der Waals surface area contributed by atoms with E-state index in [1.54, 1.807) is 52.8 Å². The summed E-state index contributed by atoms with van der Waals surface area (Å²) in [6.45, 7) is 14.1. The van der Waals surface area contributed by atoms with Crippen molar-refractivity contribution in [3.8, 4) is 11.1 Å². The van der Waals surface area contributed by atoms with Gasteiger partial charge in [0.05, 0.1) is 49.9 Å². The number of hydrogen-bond acceptors (Lipinski definition) is 19. The molecule has 512 valence electrons. The maximum absolute atomic E-state index is 8.77. The Balaban J connectivity index is 0.000000181. The lowest BCUT2D eigenvalue weighted by molar-refractivity contribution is -0.00772. The molecule has 23 nitrogen and oxygen atoms in total. The van der Waals surface area contributed by atoms with Crippen LogP contribution < -0.4 is 26.7 Å². The van der Waals surface area contributed by atoms with Crippen LogP contribution in [0.5, 0.6) is 0 Å². The van der Waals surface area contributed by atoms with E-state index in [0.29, 0.717) is 62.4 Å². The van der Waals surface area contributed by atoms with Gasteiger partial charge in [-0.3, -0.25) is 18.6 Å². The van der Waals surface area contributed by atoms with Gasteiger partial charge in [0, 0.05) is 129 Å². The summed E-state index contributed by atoms with van der Waals surface area (Å²) in [5.74, 6) is 2.66. The molecule has 7 heterocycles. The van der Waals surface area contributed by atoms with Crippen molar-refractivity contribution in [1.29, 1.82) is 0 Å². The van der Waals surface area contributed by atoms with Crippen molar-refractivity contribution >= 4 is 118 Å².